The number of anilines is 1. The summed E-state index contributed by atoms with van der Waals surface area (Å²) in [5, 5.41) is 2.40. The summed E-state index contributed by atoms with van der Waals surface area (Å²) in [4.78, 5) is 37.7. The second-order valence-corrected chi connectivity index (χ2v) is 7.87. The van der Waals surface area contributed by atoms with E-state index in [9.17, 15) is 22.8 Å². The van der Waals surface area contributed by atoms with E-state index < -0.39 is 33.7 Å². The van der Waals surface area contributed by atoms with Crippen molar-refractivity contribution in [1.82, 2.24) is 4.90 Å². The van der Waals surface area contributed by atoms with Crippen molar-refractivity contribution in [3.05, 3.63) is 29.8 Å². The smallest absolute Gasteiger partial charge is 0.339 e. The van der Waals surface area contributed by atoms with Crippen molar-refractivity contribution < 1.29 is 27.5 Å². The zero-order valence-corrected chi connectivity index (χ0v) is 14.8. The molecule has 0 saturated carbocycles. The van der Waals surface area contributed by atoms with Gasteiger partial charge in [-0.2, -0.15) is 0 Å². The number of esters is 1. The van der Waals surface area contributed by atoms with Crippen LogP contribution in [0.15, 0.2) is 24.3 Å². The highest BCUT2D eigenvalue weighted by molar-refractivity contribution is 7.91. The van der Waals surface area contributed by atoms with Gasteiger partial charge in [0.05, 0.1) is 29.9 Å². The quantitative estimate of drug-likeness (QED) is 0.610. The summed E-state index contributed by atoms with van der Waals surface area (Å²) in [6.45, 7) is 1.89. The first-order chi connectivity index (χ1) is 11.8. The first-order valence-electron chi connectivity index (χ1n) is 7.78. The highest BCUT2D eigenvalue weighted by atomic mass is 32.2. The number of ether oxygens (including phenoxy) is 1. The fourth-order valence-corrected chi connectivity index (χ4v) is 4.51. The van der Waals surface area contributed by atoms with Crippen molar-refractivity contribution in [2.45, 2.75) is 19.4 Å². The van der Waals surface area contributed by atoms with Crippen molar-refractivity contribution >= 4 is 33.3 Å². The second kappa shape index (κ2) is 7.64. The first-order valence-corrected chi connectivity index (χ1v) is 9.61. The van der Waals surface area contributed by atoms with Crippen LogP contribution in [0.4, 0.5) is 5.69 Å². The number of sulfone groups is 1. The average molecular weight is 368 g/mol. The van der Waals surface area contributed by atoms with Gasteiger partial charge < -0.3 is 15.0 Å². The van der Waals surface area contributed by atoms with Crippen LogP contribution in [0.5, 0.6) is 0 Å². The van der Waals surface area contributed by atoms with Crippen LogP contribution in [0.1, 0.15) is 23.7 Å². The predicted octanol–water partition coefficient (Wildman–Crippen LogP) is 0.447. The number of para-hydroxylation sites is 1. The fraction of sp³-hybridized carbons (Fsp3) is 0.438. The minimum absolute atomic E-state index is 0.00817. The molecule has 136 valence electrons. The number of amides is 2. The lowest BCUT2D eigenvalue weighted by atomic mass is 10.1. The third kappa shape index (κ3) is 4.36. The largest absolute Gasteiger partial charge is 0.465 e. The van der Waals surface area contributed by atoms with Crippen LogP contribution in [0, 0.1) is 0 Å². The molecule has 1 aromatic rings. The molecule has 0 aliphatic carbocycles. The molecule has 0 radical (unpaired) electrons. The SMILES string of the molecule is CCN(C(=O)C(=O)Nc1ccccc1C(=O)OC)C1CCS(=O)(=O)C1. The molecule has 1 aliphatic rings. The summed E-state index contributed by atoms with van der Waals surface area (Å²) in [5.41, 5.74) is 0.278. The molecule has 1 fully saturated rings. The summed E-state index contributed by atoms with van der Waals surface area (Å²) in [5.74, 6) is -2.53. The molecular formula is C16H20N2O6S. The molecule has 0 aromatic heterocycles. The standard InChI is InChI=1S/C16H20N2O6S/c1-3-18(11-8-9-25(22,23)10-11)15(20)14(19)17-13-7-5-4-6-12(13)16(21)24-2/h4-7,11H,3,8-10H2,1-2H3,(H,17,19). The highest BCUT2D eigenvalue weighted by Crippen LogP contribution is 2.19. The Labute approximate surface area is 146 Å². The number of carbonyl (C=O) groups excluding carboxylic acids is 3. The van der Waals surface area contributed by atoms with E-state index >= 15 is 0 Å². The van der Waals surface area contributed by atoms with Crippen LogP contribution < -0.4 is 5.32 Å². The van der Waals surface area contributed by atoms with Gasteiger partial charge in [-0.3, -0.25) is 9.59 Å². The number of hydrogen-bond acceptors (Lipinski definition) is 6. The van der Waals surface area contributed by atoms with Crippen LogP contribution in [0.3, 0.4) is 0 Å². The van der Waals surface area contributed by atoms with Crippen molar-refractivity contribution in [2.75, 3.05) is 30.5 Å². The molecule has 25 heavy (non-hydrogen) atoms. The molecule has 9 heteroatoms. The monoisotopic (exact) mass is 368 g/mol. The summed E-state index contributed by atoms with van der Waals surface area (Å²) >= 11 is 0. The summed E-state index contributed by atoms with van der Waals surface area (Å²) in [6, 6.07) is 5.64. The van der Waals surface area contributed by atoms with E-state index in [4.69, 9.17) is 0 Å². The van der Waals surface area contributed by atoms with Crippen molar-refractivity contribution in [3.8, 4) is 0 Å². The van der Waals surface area contributed by atoms with Gasteiger partial charge in [0, 0.05) is 12.6 Å². The lowest BCUT2D eigenvalue weighted by Gasteiger charge is -2.26. The maximum atomic E-state index is 12.4. The Bertz CT molecular complexity index is 790. The topological polar surface area (TPSA) is 110 Å². The zero-order valence-electron chi connectivity index (χ0n) is 14.0. The average Bonchev–Trinajstić information content (AvgIpc) is 2.94. The number of likely N-dealkylation sites (N-methyl/N-ethyl adjacent to an activating group) is 1. The van der Waals surface area contributed by atoms with Crippen LogP contribution in [0.2, 0.25) is 0 Å². The number of nitrogens with one attached hydrogen (secondary N) is 1. The molecule has 8 nitrogen and oxygen atoms in total. The Morgan fingerprint density at radius 1 is 1.28 bits per heavy atom. The van der Waals surface area contributed by atoms with E-state index in [1.807, 2.05) is 0 Å². The van der Waals surface area contributed by atoms with E-state index in [0.717, 1.165) is 0 Å². The van der Waals surface area contributed by atoms with Crippen LogP contribution in [-0.2, 0) is 24.2 Å². The molecule has 1 aromatic carbocycles. The lowest BCUT2D eigenvalue weighted by molar-refractivity contribution is -0.144. The van der Waals surface area contributed by atoms with Gasteiger partial charge in [0.1, 0.15) is 0 Å². The summed E-state index contributed by atoms with van der Waals surface area (Å²) in [7, 11) is -1.96. The molecule has 0 spiro atoms. The van der Waals surface area contributed by atoms with E-state index in [1.54, 1.807) is 19.1 Å². The van der Waals surface area contributed by atoms with Crippen LogP contribution in [-0.4, -0.2) is 62.3 Å². The van der Waals surface area contributed by atoms with Gasteiger partial charge in [-0.25, -0.2) is 13.2 Å². The molecule has 1 atom stereocenters. The minimum atomic E-state index is -3.18. The Balaban J connectivity index is 2.15. The Kier molecular flexibility index (Phi) is 5.78. The molecular weight excluding hydrogens is 348 g/mol. The predicted molar refractivity (Wildman–Crippen MR) is 90.9 cm³/mol. The van der Waals surface area contributed by atoms with Gasteiger partial charge in [0.25, 0.3) is 0 Å². The first kappa shape index (κ1) is 18.9. The normalized spacial score (nSPS) is 18.4. The molecule has 1 aliphatic heterocycles. The number of rotatable bonds is 4. The summed E-state index contributed by atoms with van der Waals surface area (Å²) < 4.78 is 27.9. The van der Waals surface area contributed by atoms with Gasteiger partial charge in [-0.1, -0.05) is 12.1 Å². The van der Waals surface area contributed by atoms with Gasteiger partial charge in [-0.05, 0) is 25.5 Å². The molecule has 1 saturated heterocycles. The van der Waals surface area contributed by atoms with Gasteiger partial charge in [0.15, 0.2) is 9.84 Å². The highest BCUT2D eigenvalue weighted by Gasteiger charge is 2.36. The number of carbonyl (C=O) groups is 3. The van der Waals surface area contributed by atoms with Gasteiger partial charge in [-0.15, -0.1) is 0 Å². The van der Waals surface area contributed by atoms with Crippen molar-refractivity contribution in [2.24, 2.45) is 0 Å². The van der Waals surface area contributed by atoms with E-state index in [0.29, 0.717) is 6.42 Å². The zero-order chi connectivity index (χ0) is 18.6. The van der Waals surface area contributed by atoms with Crippen molar-refractivity contribution in [1.29, 1.82) is 0 Å². The summed E-state index contributed by atoms with van der Waals surface area (Å²) in [6.07, 6.45) is 0.313. The fourth-order valence-electron chi connectivity index (χ4n) is 2.78. The van der Waals surface area contributed by atoms with Crippen LogP contribution in [0.25, 0.3) is 0 Å². The Morgan fingerprint density at radius 2 is 1.96 bits per heavy atom. The van der Waals surface area contributed by atoms with Gasteiger partial charge >= 0.3 is 17.8 Å². The molecule has 1 heterocycles. The number of benzene rings is 1. The lowest BCUT2D eigenvalue weighted by Crippen LogP contribution is -2.46. The van der Waals surface area contributed by atoms with E-state index in [-0.39, 0.29) is 29.3 Å². The van der Waals surface area contributed by atoms with Crippen LogP contribution >= 0.6 is 0 Å². The Hall–Kier alpha value is -2.42. The van der Waals surface area contributed by atoms with Crippen molar-refractivity contribution in [3.63, 3.8) is 0 Å². The molecule has 2 rings (SSSR count). The van der Waals surface area contributed by atoms with E-state index in [1.165, 1.54) is 24.1 Å². The minimum Gasteiger partial charge on any atom is -0.465 e. The number of methoxy groups -OCH3 is 1. The molecule has 2 amide bonds. The maximum Gasteiger partial charge on any atom is 0.339 e. The second-order valence-electron chi connectivity index (χ2n) is 5.64. The Morgan fingerprint density at radius 3 is 2.52 bits per heavy atom. The third-order valence-corrected chi connectivity index (χ3v) is 5.78. The number of nitrogens with zero attached hydrogens (tertiary/aromatic N) is 1. The maximum absolute atomic E-state index is 12.4. The van der Waals surface area contributed by atoms with E-state index in [2.05, 4.69) is 10.1 Å². The molecule has 1 N–H and O–H groups in total. The number of hydrogen-bond donors (Lipinski definition) is 1. The van der Waals surface area contributed by atoms with Gasteiger partial charge in [0.2, 0.25) is 0 Å². The molecule has 0 bridgehead atoms. The molecule has 1 unspecified atom stereocenters. The third-order valence-electron chi connectivity index (χ3n) is 4.03.